The quantitative estimate of drug-likeness (QED) is 0.586. The average Bonchev–Trinajstić information content (AvgIpc) is 3.06. The summed E-state index contributed by atoms with van der Waals surface area (Å²) in [7, 11) is 0. The highest BCUT2D eigenvalue weighted by Gasteiger charge is 2.10. The van der Waals surface area contributed by atoms with Gasteiger partial charge in [-0.3, -0.25) is 0 Å². The SMILES string of the molecule is Cc1cccc(Nc2ncnc3c2ncn3CCc2ccc(F)cc2)c1. The molecular weight excluding hydrogens is 329 g/mol. The first kappa shape index (κ1) is 16.2. The van der Waals surface area contributed by atoms with Crippen molar-refractivity contribution >= 4 is 22.7 Å². The summed E-state index contributed by atoms with van der Waals surface area (Å²) in [6.45, 7) is 2.76. The third-order valence-electron chi connectivity index (χ3n) is 4.24. The molecule has 1 N–H and O–H groups in total. The van der Waals surface area contributed by atoms with Crippen LogP contribution in [0.5, 0.6) is 0 Å². The Morgan fingerprint density at radius 1 is 1.04 bits per heavy atom. The van der Waals surface area contributed by atoms with Crippen LogP contribution in [0.25, 0.3) is 11.2 Å². The summed E-state index contributed by atoms with van der Waals surface area (Å²) in [5, 5.41) is 3.31. The van der Waals surface area contributed by atoms with Crippen LogP contribution in [0.2, 0.25) is 0 Å². The number of imidazole rings is 1. The molecule has 0 fully saturated rings. The van der Waals surface area contributed by atoms with E-state index in [0.717, 1.165) is 28.8 Å². The minimum atomic E-state index is -0.221. The van der Waals surface area contributed by atoms with Gasteiger partial charge in [0.25, 0.3) is 0 Å². The Morgan fingerprint density at radius 2 is 1.88 bits per heavy atom. The lowest BCUT2D eigenvalue weighted by atomic mass is 10.1. The molecule has 0 atom stereocenters. The second-order valence-corrected chi connectivity index (χ2v) is 6.20. The van der Waals surface area contributed by atoms with Crippen molar-refractivity contribution < 1.29 is 4.39 Å². The lowest BCUT2D eigenvalue weighted by Gasteiger charge is -2.07. The Labute approximate surface area is 150 Å². The number of benzene rings is 2. The Hall–Kier alpha value is -3.28. The predicted molar refractivity (Wildman–Crippen MR) is 99.9 cm³/mol. The van der Waals surface area contributed by atoms with Crippen LogP contribution in [0.4, 0.5) is 15.9 Å². The van der Waals surface area contributed by atoms with Crippen LogP contribution in [0, 0.1) is 12.7 Å². The van der Waals surface area contributed by atoms with Gasteiger partial charge in [-0.1, -0.05) is 24.3 Å². The molecule has 0 saturated heterocycles. The monoisotopic (exact) mass is 347 g/mol. The molecule has 0 unspecified atom stereocenters. The lowest BCUT2D eigenvalue weighted by Crippen LogP contribution is -2.02. The largest absolute Gasteiger partial charge is 0.338 e. The van der Waals surface area contributed by atoms with Crippen molar-refractivity contribution in [2.24, 2.45) is 0 Å². The van der Waals surface area contributed by atoms with E-state index >= 15 is 0 Å². The van der Waals surface area contributed by atoms with Crippen molar-refractivity contribution in [1.82, 2.24) is 19.5 Å². The van der Waals surface area contributed by atoms with Crippen LogP contribution in [0.3, 0.4) is 0 Å². The molecule has 0 aliphatic heterocycles. The van der Waals surface area contributed by atoms with Crippen molar-refractivity contribution in [1.29, 1.82) is 0 Å². The second-order valence-electron chi connectivity index (χ2n) is 6.20. The van der Waals surface area contributed by atoms with Gasteiger partial charge in [0.05, 0.1) is 6.33 Å². The smallest absolute Gasteiger partial charge is 0.165 e. The fraction of sp³-hybridized carbons (Fsp3) is 0.150. The second kappa shape index (κ2) is 6.92. The van der Waals surface area contributed by atoms with Gasteiger partial charge < -0.3 is 9.88 Å². The Bertz CT molecular complexity index is 1040. The lowest BCUT2D eigenvalue weighted by molar-refractivity contribution is 0.625. The van der Waals surface area contributed by atoms with Crippen molar-refractivity contribution in [3.63, 3.8) is 0 Å². The number of anilines is 2. The molecule has 5 nitrogen and oxygen atoms in total. The molecule has 0 radical (unpaired) electrons. The standard InChI is InChI=1S/C20H18FN5/c1-14-3-2-4-17(11-14)25-19-18-20(23-12-22-19)26(13-24-18)10-9-15-5-7-16(21)8-6-15/h2-8,11-13H,9-10H2,1H3,(H,22,23,25). The summed E-state index contributed by atoms with van der Waals surface area (Å²) in [6, 6.07) is 14.7. The van der Waals surface area contributed by atoms with Gasteiger partial charge >= 0.3 is 0 Å². The van der Waals surface area contributed by atoms with Crippen LogP contribution in [-0.2, 0) is 13.0 Å². The zero-order valence-electron chi connectivity index (χ0n) is 14.4. The zero-order chi connectivity index (χ0) is 17.9. The minimum absolute atomic E-state index is 0.221. The number of aromatic nitrogens is 4. The summed E-state index contributed by atoms with van der Waals surface area (Å²) in [4.78, 5) is 13.2. The fourth-order valence-electron chi connectivity index (χ4n) is 2.90. The molecule has 26 heavy (non-hydrogen) atoms. The van der Waals surface area contributed by atoms with Crippen LogP contribution in [-0.4, -0.2) is 19.5 Å². The number of hydrogen-bond acceptors (Lipinski definition) is 4. The number of nitrogens with one attached hydrogen (secondary N) is 1. The van der Waals surface area contributed by atoms with Crippen LogP contribution in [0.15, 0.2) is 61.2 Å². The maximum atomic E-state index is 13.0. The van der Waals surface area contributed by atoms with Crippen LogP contribution in [0.1, 0.15) is 11.1 Å². The van der Waals surface area contributed by atoms with Crippen LogP contribution >= 0.6 is 0 Å². The fourth-order valence-corrected chi connectivity index (χ4v) is 2.90. The highest BCUT2D eigenvalue weighted by molar-refractivity contribution is 5.85. The molecule has 0 aliphatic rings. The molecule has 2 heterocycles. The van der Waals surface area contributed by atoms with Gasteiger partial charge in [0.1, 0.15) is 12.1 Å². The molecule has 0 amide bonds. The van der Waals surface area contributed by atoms with Gasteiger partial charge in [-0.2, -0.15) is 0 Å². The molecule has 0 saturated carbocycles. The van der Waals surface area contributed by atoms with E-state index in [1.807, 2.05) is 29.7 Å². The van der Waals surface area contributed by atoms with E-state index in [2.05, 4.69) is 26.3 Å². The highest BCUT2D eigenvalue weighted by Crippen LogP contribution is 2.22. The number of hydrogen-bond donors (Lipinski definition) is 1. The van der Waals surface area contributed by atoms with Gasteiger partial charge in [0, 0.05) is 12.2 Å². The third-order valence-corrected chi connectivity index (χ3v) is 4.24. The molecule has 4 rings (SSSR count). The topological polar surface area (TPSA) is 55.6 Å². The first-order valence-corrected chi connectivity index (χ1v) is 8.43. The first-order valence-electron chi connectivity index (χ1n) is 8.43. The van der Waals surface area contributed by atoms with E-state index in [0.29, 0.717) is 12.4 Å². The van der Waals surface area contributed by atoms with Crippen molar-refractivity contribution in [3.8, 4) is 0 Å². The maximum Gasteiger partial charge on any atom is 0.165 e. The molecule has 2 aromatic carbocycles. The Kier molecular flexibility index (Phi) is 4.31. The van der Waals surface area contributed by atoms with Gasteiger partial charge in [0.15, 0.2) is 17.0 Å². The highest BCUT2D eigenvalue weighted by atomic mass is 19.1. The molecule has 130 valence electrons. The van der Waals surface area contributed by atoms with E-state index < -0.39 is 0 Å². The zero-order valence-corrected chi connectivity index (χ0v) is 14.4. The number of nitrogens with zero attached hydrogens (tertiary/aromatic N) is 4. The molecule has 0 aliphatic carbocycles. The summed E-state index contributed by atoms with van der Waals surface area (Å²) >= 11 is 0. The molecule has 2 aromatic heterocycles. The van der Waals surface area contributed by atoms with Gasteiger partial charge in [-0.15, -0.1) is 0 Å². The predicted octanol–water partition coefficient (Wildman–Crippen LogP) is 4.26. The molecule has 6 heteroatoms. The molecule has 0 spiro atoms. The van der Waals surface area contributed by atoms with Crippen molar-refractivity contribution in [2.75, 3.05) is 5.32 Å². The number of halogens is 1. The average molecular weight is 347 g/mol. The van der Waals surface area contributed by atoms with Crippen LogP contribution < -0.4 is 5.32 Å². The van der Waals surface area contributed by atoms with Gasteiger partial charge in [0.2, 0.25) is 0 Å². The maximum absolute atomic E-state index is 13.0. The minimum Gasteiger partial charge on any atom is -0.338 e. The summed E-state index contributed by atoms with van der Waals surface area (Å²) in [5.74, 6) is 0.461. The normalized spacial score (nSPS) is 11.0. The summed E-state index contributed by atoms with van der Waals surface area (Å²) in [5.41, 5.74) is 4.71. The molecule has 0 bridgehead atoms. The Morgan fingerprint density at radius 3 is 2.69 bits per heavy atom. The number of rotatable bonds is 5. The number of fused-ring (bicyclic) bond motifs is 1. The van der Waals surface area contributed by atoms with Crippen molar-refractivity contribution in [2.45, 2.75) is 19.9 Å². The van der Waals surface area contributed by atoms with E-state index in [1.165, 1.54) is 24.0 Å². The molecule has 4 aromatic rings. The van der Waals surface area contributed by atoms with E-state index in [-0.39, 0.29) is 5.82 Å². The summed E-state index contributed by atoms with van der Waals surface area (Å²) in [6.07, 6.45) is 4.08. The van der Waals surface area contributed by atoms with E-state index in [9.17, 15) is 4.39 Å². The van der Waals surface area contributed by atoms with Gasteiger partial charge in [-0.05, 0) is 48.7 Å². The van der Waals surface area contributed by atoms with Gasteiger partial charge in [-0.25, -0.2) is 19.3 Å². The van der Waals surface area contributed by atoms with E-state index in [4.69, 9.17) is 0 Å². The van der Waals surface area contributed by atoms with E-state index in [1.54, 1.807) is 18.5 Å². The number of aryl methyl sites for hydroxylation is 3. The third kappa shape index (κ3) is 3.39. The summed E-state index contributed by atoms with van der Waals surface area (Å²) < 4.78 is 15.0. The van der Waals surface area contributed by atoms with Crippen molar-refractivity contribution in [3.05, 3.63) is 78.1 Å². The first-order chi connectivity index (χ1) is 12.7. The molecular formula is C20H18FN5. The Balaban J connectivity index is 1.57.